The summed E-state index contributed by atoms with van der Waals surface area (Å²) < 4.78 is 1.31. The van der Waals surface area contributed by atoms with Gasteiger partial charge in [-0.25, -0.2) is 9.50 Å². The van der Waals surface area contributed by atoms with Gasteiger partial charge in [0.05, 0.1) is 6.20 Å². The number of hydrogen-bond donors (Lipinski definition) is 1. The van der Waals surface area contributed by atoms with Gasteiger partial charge in [-0.2, -0.15) is 5.10 Å². The first kappa shape index (κ1) is 8.00. The van der Waals surface area contributed by atoms with Crippen LogP contribution in [0.1, 0.15) is 10.5 Å². The number of hydrogen-bond acceptors (Lipinski definition) is 3. The van der Waals surface area contributed by atoms with E-state index in [-0.39, 0.29) is 10.8 Å². The maximum atomic E-state index is 10.9. The number of fused-ring (bicyclic) bond motifs is 1. The van der Waals surface area contributed by atoms with E-state index in [2.05, 4.69) is 10.1 Å². The van der Waals surface area contributed by atoms with Crippen molar-refractivity contribution in [3.63, 3.8) is 0 Å². The minimum Gasteiger partial charge on any atom is -0.364 e. The summed E-state index contributed by atoms with van der Waals surface area (Å²) in [7, 11) is 0. The van der Waals surface area contributed by atoms with Crippen molar-refractivity contribution >= 4 is 23.2 Å². The first-order chi connectivity index (χ1) is 6.18. The van der Waals surface area contributed by atoms with Crippen LogP contribution in [0.25, 0.3) is 5.65 Å². The Labute approximate surface area is 78.1 Å². The number of rotatable bonds is 1. The molecule has 0 saturated heterocycles. The Kier molecular flexibility index (Phi) is 1.66. The van der Waals surface area contributed by atoms with E-state index >= 15 is 0 Å². The van der Waals surface area contributed by atoms with Crippen LogP contribution in [0.2, 0.25) is 5.15 Å². The molecule has 2 aromatic heterocycles. The van der Waals surface area contributed by atoms with Crippen molar-refractivity contribution in [2.24, 2.45) is 5.73 Å². The van der Waals surface area contributed by atoms with Crippen molar-refractivity contribution in [2.45, 2.75) is 0 Å². The molecule has 0 atom stereocenters. The molecule has 2 heterocycles. The Balaban J connectivity index is 2.79. The number of halogens is 1. The molecule has 0 spiro atoms. The molecule has 0 aliphatic heterocycles. The first-order valence-corrected chi connectivity index (χ1v) is 3.86. The number of nitrogens with zero attached hydrogens (tertiary/aromatic N) is 3. The van der Waals surface area contributed by atoms with Crippen LogP contribution in [0.3, 0.4) is 0 Å². The average Bonchev–Trinajstić information content (AvgIpc) is 2.46. The van der Waals surface area contributed by atoms with Crippen LogP contribution in [-0.4, -0.2) is 20.5 Å². The molecule has 0 bridgehead atoms. The smallest absolute Gasteiger partial charge is 0.269 e. The Bertz CT molecular complexity index is 478. The van der Waals surface area contributed by atoms with Crippen LogP contribution in [0.4, 0.5) is 0 Å². The van der Waals surface area contributed by atoms with Gasteiger partial charge < -0.3 is 5.73 Å². The average molecular weight is 197 g/mol. The van der Waals surface area contributed by atoms with E-state index in [0.717, 1.165) is 0 Å². The first-order valence-electron chi connectivity index (χ1n) is 3.48. The van der Waals surface area contributed by atoms with Gasteiger partial charge in [0.25, 0.3) is 5.91 Å². The molecule has 13 heavy (non-hydrogen) atoms. The van der Waals surface area contributed by atoms with Crippen molar-refractivity contribution in [1.82, 2.24) is 14.6 Å². The maximum Gasteiger partial charge on any atom is 0.269 e. The standard InChI is InChI=1S/C7H5ClN4O/c8-5-1-2-6-10-3-4(7(9)13)12(6)11-5/h1-3H,(H2,9,13). The maximum absolute atomic E-state index is 10.9. The highest BCUT2D eigenvalue weighted by molar-refractivity contribution is 6.29. The fraction of sp³-hybridized carbons (Fsp3) is 0. The molecule has 0 aromatic carbocycles. The zero-order valence-electron chi connectivity index (χ0n) is 6.44. The topological polar surface area (TPSA) is 73.3 Å². The number of carbonyl (C=O) groups excluding carboxylic acids is 1. The summed E-state index contributed by atoms with van der Waals surface area (Å²) in [5, 5.41) is 4.16. The van der Waals surface area contributed by atoms with E-state index in [1.807, 2.05) is 0 Å². The summed E-state index contributed by atoms with van der Waals surface area (Å²) in [5.41, 5.74) is 5.85. The summed E-state index contributed by atoms with van der Waals surface area (Å²) in [5.74, 6) is -0.581. The van der Waals surface area contributed by atoms with Crippen molar-refractivity contribution in [1.29, 1.82) is 0 Å². The highest BCUT2D eigenvalue weighted by Crippen LogP contribution is 2.08. The van der Waals surface area contributed by atoms with E-state index in [0.29, 0.717) is 5.65 Å². The second kappa shape index (κ2) is 2.70. The minimum absolute atomic E-state index is 0.220. The normalized spacial score (nSPS) is 10.5. The van der Waals surface area contributed by atoms with Gasteiger partial charge in [-0.3, -0.25) is 4.79 Å². The summed E-state index contributed by atoms with van der Waals surface area (Å²) in [6.45, 7) is 0. The molecule has 0 aliphatic rings. The van der Waals surface area contributed by atoms with Crippen LogP contribution in [0.5, 0.6) is 0 Å². The van der Waals surface area contributed by atoms with E-state index in [4.69, 9.17) is 17.3 Å². The molecular formula is C7H5ClN4O. The van der Waals surface area contributed by atoms with Gasteiger partial charge in [-0.1, -0.05) is 11.6 Å². The summed E-state index contributed by atoms with van der Waals surface area (Å²) >= 11 is 5.64. The number of nitrogens with two attached hydrogens (primary N) is 1. The lowest BCUT2D eigenvalue weighted by molar-refractivity contribution is 0.0993. The van der Waals surface area contributed by atoms with Crippen molar-refractivity contribution in [2.75, 3.05) is 0 Å². The number of carbonyl (C=O) groups is 1. The molecular weight excluding hydrogens is 192 g/mol. The molecule has 0 unspecified atom stereocenters. The Morgan fingerprint density at radius 2 is 2.31 bits per heavy atom. The lowest BCUT2D eigenvalue weighted by atomic mass is 10.5. The molecule has 5 nitrogen and oxygen atoms in total. The van der Waals surface area contributed by atoms with Gasteiger partial charge in [0.1, 0.15) is 10.8 Å². The summed E-state index contributed by atoms with van der Waals surface area (Å²) in [4.78, 5) is 14.8. The second-order valence-electron chi connectivity index (χ2n) is 2.43. The molecule has 0 aliphatic carbocycles. The fourth-order valence-corrected chi connectivity index (χ4v) is 1.16. The van der Waals surface area contributed by atoms with Crippen molar-refractivity contribution < 1.29 is 4.79 Å². The van der Waals surface area contributed by atoms with E-state index in [1.165, 1.54) is 10.7 Å². The number of amides is 1. The van der Waals surface area contributed by atoms with Gasteiger partial charge >= 0.3 is 0 Å². The Hall–Kier alpha value is -1.62. The molecule has 66 valence electrons. The molecule has 2 aromatic rings. The van der Waals surface area contributed by atoms with Gasteiger partial charge in [0.2, 0.25) is 0 Å². The third-order valence-electron chi connectivity index (χ3n) is 1.58. The predicted molar refractivity (Wildman–Crippen MR) is 46.5 cm³/mol. The molecule has 2 N–H and O–H groups in total. The zero-order chi connectivity index (χ0) is 9.42. The molecule has 0 saturated carbocycles. The predicted octanol–water partition coefficient (Wildman–Crippen LogP) is 0.482. The third kappa shape index (κ3) is 1.23. The molecule has 1 amide bonds. The Morgan fingerprint density at radius 3 is 3.00 bits per heavy atom. The summed E-state index contributed by atoms with van der Waals surface area (Å²) in [6, 6.07) is 3.25. The summed E-state index contributed by atoms with van der Waals surface area (Å²) in [6.07, 6.45) is 1.36. The van der Waals surface area contributed by atoms with E-state index in [1.54, 1.807) is 12.1 Å². The van der Waals surface area contributed by atoms with Crippen molar-refractivity contribution in [3.8, 4) is 0 Å². The monoisotopic (exact) mass is 196 g/mol. The molecule has 0 radical (unpaired) electrons. The largest absolute Gasteiger partial charge is 0.364 e. The van der Waals surface area contributed by atoms with Gasteiger partial charge in [-0.15, -0.1) is 0 Å². The van der Waals surface area contributed by atoms with Crippen LogP contribution in [0.15, 0.2) is 18.3 Å². The lowest BCUT2D eigenvalue weighted by Crippen LogP contribution is -2.14. The third-order valence-corrected chi connectivity index (χ3v) is 1.78. The Morgan fingerprint density at radius 1 is 1.54 bits per heavy atom. The SMILES string of the molecule is NC(=O)c1cnc2ccc(Cl)nn12. The zero-order valence-corrected chi connectivity index (χ0v) is 7.19. The quantitative estimate of drug-likeness (QED) is 0.721. The van der Waals surface area contributed by atoms with E-state index < -0.39 is 5.91 Å². The van der Waals surface area contributed by atoms with Crippen LogP contribution < -0.4 is 5.73 Å². The minimum atomic E-state index is -0.581. The van der Waals surface area contributed by atoms with Crippen molar-refractivity contribution in [3.05, 3.63) is 29.2 Å². The second-order valence-corrected chi connectivity index (χ2v) is 2.82. The lowest BCUT2D eigenvalue weighted by Gasteiger charge is -1.95. The highest BCUT2D eigenvalue weighted by Gasteiger charge is 2.08. The molecule has 0 fully saturated rings. The van der Waals surface area contributed by atoms with Crippen LogP contribution in [-0.2, 0) is 0 Å². The molecule has 6 heteroatoms. The van der Waals surface area contributed by atoms with Gasteiger partial charge in [0.15, 0.2) is 5.65 Å². The highest BCUT2D eigenvalue weighted by atomic mass is 35.5. The van der Waals surface area contributed by atoms with Crippen LogP contribution in [0, 0.1) is 0 Å². The fourth-order valence-electron chi connectivity index (χ4n) is 1.02. The number of primary amides is 1. The van der Waals surface area contributed by atoms with Gasteiger partial charge in [0, 0.05) is 0 Å². The number of aromatic nitrogens is 3. The van der Waals surface area contributed by atoms with E-state index in [9.17, 15) is 4.79 Å². The van der Waals surface area contributed by atoms with Crippen LogP contribution >= 0.6 is 11.6 Å². The molecule has 2 rings (SSSR count). The number of imidazole rings is 1. The van der Waals surface area contributed by atoms with Gasteiger partial charge in [-0.05, 0) is 12.1 Å².